The van der Waals surface area contributed by atoms with Crippen molar-refractivity contribution < 1.29 is 0 Å². The number of hydrogen-bond acceptors (Lipinski definition) is 3. The van der Waals surface area contributed by atoms with Crippen LogP contribution in [-0.4, -0.2) is 23.1 Å². The zero-order valence-electron chi connectivity index (χ0n) is 12.6. The summed E-state index contributed by atoms with van der Waals surface area (Å²) in [6.45, 7) is 8.69. The van der Waals surface area contributed by atoms with Crippen molar-refractivity contribution in [3.05, 3.63) is 22.8 Å². The quantitative estimate of drug-likeness (QED) is 0.731. The molecule has 0 atom stereocenters. The molecule has 0 saturated heterocycles. The number of nitrogens with one attached hydrogen (secondary N) is 1. The van der Waals surface area contributed by atoms with Crippen LogP contribution in [-0.2, 0) is 12.8 Å². The van der Waals surface area contributed by atoms with Crippen LogP contribution in [0.15, 0.2) is 0 Å². The molecule has 1 heterocycles. The van der Waals surface area contributed by atoms with Crippen molar-refractivity contribution in [2.45, 2.75) is 59.3 Å². The third kappa shape index (κ3) is 4.57. The van der Waals surface area contributed by atoms with Gasteiger partial charge in [0, 0.05) is 17.8 Å². The fourth-order valence-electron chi connectivity index (χ4n) is 2.53. The van der Waals surface area contributed by atoms with E-state index in [1.165, 1.54) is 42.6 Å². The van der Waals surface area contributed by atoms with Crippen LogP contribution >= 0.6 is 0 Å². The molecule has 0 aromatic carbocycles. The van der Waals surface area contributed by atoms with E-state index in [1.54, 1.807) is 0 Å². The average Bonchev–Trinajstić information content (AvgIpc) is 3.16. The molecule has 1 saturated carbocycles. The highest BCUT2D eigenvalue weighted by Crippen LogP contribution is 2.31. The lowest BCUT2D eigenvalue weighted by Gasteiger charge is -2.11. The number of nitrogens with zero attached hydrogens (tertiary/aromatic N) is 2. The van der Waals surface area contributed by atoms with Gasteiger partial charge in [-0.25, -0.2) is 9.97 Å². The van der Waals surface area contributed by atoms with E-state index in [2.05, 4.69) is 26.1 Å². The molecular formula is C16H27N3. The van der Waals surface area contributed by atoms with E-state index in [0.29, 0.717) is 0 Å². The molecule has 106 valence electrons. The highest BCUT2D eigenvalue weighted by molar-refractivity contribution is 5.24. The van der Waals surface area contributed by atoms with Gasteiger partial charge in [0.2, 0.25) is 0 Å². The van der Waals surface area contributed by atoms with Gasteiger partial charge in [-0.3, -0.25) is 0 Å². The molecule has 3 nitrogen and oxygen atoms in total. The van der Waals surface area contributed by atoms with Crippen LogP contribution in [0.25, 0.3) is 0 Å². The Hall–Kier alpha value is -0.960. The molecule has 0 unspecified atom stereocenters. The van der Waals surface area contributed by atoms with Crippen molar-refractivity contribution in [3.63, 3.8) is 0 Å². The number of rotatable bonds is 8. The van der Waals surface area contributed by atoms with Crippen molar-refractivity contribution in [2.24, 2.45) is 5.92 Å². The van der Waals surface area contributed by atoms with Gasteiger partial charge in [0.05, 0.1) is 0 Å². The molecule has 0 aliphatic heterocycles. The monoisotopic (exact) mass is 261 g/mol. The molecule has 1 aromatic heterocycles. The summed E-state index contributed by atoms with van der Waals surface area (Å²) in [4.78, 5) is 9.40. The Morgan fingerprint density at radius 3 is 2.37 bits per heavy atom. The second kappa shape index (κ2) is 6.99. The molecule has 19 heavy (non-hydrogen) atoms. The zero-order chi connectivity index (χ0) is 13.7. The Morgan fingerprint density at radius 1 is 1.11 bits per heavy atom. The van der Waals surface area contributed by atoms with Gasteiger partial charge in [0.25, 0.3) is 0 Å². The van der Waals surface area contributed by atoms with Crippen LogP contribution in [0.1, 0.15) is 55.4 Å². The van der Waals surface area contributed by atoms with Crippen LogP contribution in [0.2, 0.25) is 0 Å². The zero-order valence-corrected chi connectivity index (χ0v) is 12.6. The summed E-state index contributed by atoms with van der Waals surface area (Å²) in [7, 11) is 0. The molecule has 0 radical (unpaired) electrons. The summed E-state index contributed by atoms with van der Waals surface area (Å²) in [5.41, 5.74) is 3.75. The molecule has 2 rings (SSSR count). The van der Waals surface area contributed by atoms with Crippen molar-refractivity contribution in [1.29, 1.82) is 0 Å². The summed E-state index contributed by atoms with van der Waals surface area (Å²) in [6.07, 6.45) is 7.29. The van der Waals surface area contributed by atoms with Crippen molar-refractivity contribution in [3.8, 4) is 0 Å². The van der Waals surface area contributed by atoms with E-state index in [9.17, 15) is 0 Å². The molecule has 1 aliphatic carbocycles. The topological polar surface area (TPSA) is 37.8 Å². The molecule has 0 spiro atoms. The van der Waals surface area contributed by atoms with E-state index in [1.807, 2.05) is 0 Å². The predicted molar refractivity (Wildman–Crippen MR) is 79.4 cm³/mol. The summed E-state index contributed by atoms with van der Waals surface area (Å²) >= 11 is 0. The van der Waals surface area contributed by atoms with Crippen LogP contribution in [0.4, 0.5) is 0 Å². The lowest BCUT2D eigenvalue weighted by Crippen LogP contribution is -2.17. The fourth-order valence-corrected chi connectivity index (χ4v) is 2.53. The highest BCUT2D eigenvalue weighted by atomic mass is 14.9. The normalized spacial score (nSPS) is 14.9. The van der Waals surface area contributed by atoms with E-state index < -0.39 is 0 Å². The minimum atomic E-state index is 0.864. The third-order valence-electron chi connectivity index (χ3n) is 3.84. The molecule has 0 amide bonds. The SMILES string of the molecule is CCCNCCCc1c(C)nc(CC2CC2)nc1C. The fraction of sp³-hybridized carbons (Fsp3) is 0.750. The number of aromatic nitrogens is 2. The summed E-state index contributed by atoms with van der Waals surface area (Å²) in [5, 5.41) is 3.45. The Kier molecular flexibility index (Phi) is 5.32. The minimum absolute atomic E-state index is 0.864. The van der Waals surface area contributed by atoms with E-state index >= 15 is 0 Å². The van der Waals surface area contributed by atoms with E-state index in [-0.39, 0.29) is 0 Å². The maximum absolute atomic E-state index is 4.70. The van der Waals surface area contributed by atoms with Gasteiger partial charge in [-0.15, -0.1) is 0 Å². The first-order valence-electron chi connectivity index (χ1n) is 7.74. The molecule has 1 aliphatic rings. The molecule has 1 fully saturated rings. The Morgan fingerprint density at radius 2 is 1.79 bits per heavy atom. The molecule has 1 N–H and O–H groups in total. The highest BCUT2D eigenvalue weighted by Gasteiger charge is 2.23. The molecule has 0 bridgehead atoms. The Labute approximate surface area is 117 Å². The van der Waals surface area contributed by atoms with E-state index in [0.717, 1.165) is 37.7 Å². The molecule has 1 aromatic rings. The first-order chi connectivity index (χ1) is 9.20. The maximum Gasteiger partial charge on any atom is 0.129 e. The first kappa shape index (κ1) is 14.4. The van der Waals surface area contributed by atoms with Crippen LogP contribution in [0.5, 0.6) is 0 Å². The third-order valence-corrected chi connectivity index (χ3v) is 3.84. The van der Waals surface area contributed by atoms with Gasteiger partial charge >= 0.3 is 0 Å². The standard InChI is InChI=1S/C16H27N3/c1-4-9-17-10-5-6-15-12(2)18-16(19-13(15)3)11-14-7-8-14/h14,17H,4-11H2,1-3H3. The predicted octanol–water partition coefficient (Wildman–Crippen LogP) is 2.98. The summed E-state index contributed by atoms with van der Waals surface area (Å²) in [5.74, 6) is 1.92. The van der Waals surface area contributed by atoms with Gasteiger partial charge in [-0.1, -0.05) is 6.92 Å². The van der Waals surface area contributed by atoms with Gasteiger partial charge in [0.15, 0.2) is 0 Å². The number of aryl methyl sites for hydroxylation is 2. The summed E-state index contributed by atoms with van der Waals surface area (Å²) < 4.78 is 0. The van der Waals surface area contributed by atoms with Crippen LogP contribution in [0.3, 0.4) is 0 Å². The maximum atomic E-state index is 4.70. The van der Waals surface area contributed by atoms with Crippen molar-refractivity contribution in [1.82, 2.24) is 15.3 Å². The van der Waals surface area contributed by atoms with Gasteiger partial charge in [-0.2, -0.15) is 0 Å². The average molecular weight is 261 g/mol. The largest absolute Gasteiger partial charge is 0.317 e. The van der Waals surface area contributed by atoms with Gasteiger partial charge in [-0.05, 0) is 70.5 Å². The minimum Gasteiger partial charge on any atom is -0.317 e. The second-order valence-electron chi connectivity index (χ2n) is 5.79. The lowest BCUT2D eigenvalue weighted by atomic mass is 10.1. The van der Waals surface area contributed by atoms with Crippen LogP contribution < -0.4 is 5.32 Å². The lowest BCUT2D eigenvalue weighted by molar-refractivity contribution is 0.635. The Bertz CT molecular complexity index is 387. The molecule has 3 heteroatoms. The van der Waals surface area contributed by atoms with Crippen LogP contribution in [0, 0.1) is 19.8 Å². The van der Waals surface area contributed by atoms with Gasteiger partial charge in [0.1, 0.15) is 5.82 Å². The van der Waals surface area contributed by atoms with Gasteiger partial charge < -0.3 is 5.32 Å². The van der Waals surface area contributed by atoms with Crippen molar-refractivity contribution >= 4 is 0 Å². The second-order valence-corrected chi connectivity index (χ2v) is 5.79. The summed E-state index contributed by atoms with van der Waals surface area (Å²) in [6, 6.07) is 0. The molecular weight excluding hydrogens is 234 g/mol. The van der Waals surface area contributed by atoms with Crippen molar-refractivity contribution in [2.75, 3.05) is 13.1 Å². The first-order valence-corrected chi connectivity index (χ1v) is 7.74. The van der Waals surface area contributed by atoms with E-state index in [4.69, 9.17) is 9.97 Å². The smallest absolute Gasteiger partial charge is 0.129 e. The Balaban J connectivity index is 1.88. The number of hydrogen-bond donors (Lipinski definition) is 1.